The molecule has 1 N–H and O–H groups in total. The highest BCUT2D eigenvalue weighted by molar-refractivity contribution is 5.94. The van der Waals surface area contributed by atoms with Gasteiger partial charge in [0.15, 0.2) is 0 Å². The van der Waals surface area contributed by atoms with Crippen LogP contribution in [0.4, 0.5) is 5.82 Å². The molecule has 0 unspecified atom stereocenters. The number of nitrogens with one attached hydrogen (secondary N) is 1. The SMILES string of the molecule is c1cc(-c2n[nH]c3ccc(OC4CC4)cc23)cc(N2CCOCC2)n1. The minimum atomic E-state index is 0.390. The predicted octanol–water partition coefficient (Wildman–Crippen LogP) is 3.00. The van der Waals surface area contributed by atoms with E-state index in [0.717, 1.165) is 72.9 Å². The van der Waals surface area contributed by atoms with Crippen LogP contribution in [0.5, 0.6) is 5.75 Å². The molecule has 3 aromatic rings. The van der Waals surface area contributed by atoms with Gasteiger partial charge in [0, 0.05) is 30.2 Å². The Hall–Kier alpha value is -2.60. The maximum absolute atomic E-state index is 5.94. The molecule has 1 aliphatic heterocycles. The third kappa shape index (κ3) is 2.93. The maximum Gasteiger partial charge on any atom is 0.129 e. The van der Waals surface area contributed by atoms with Gasteiger partial charge in [0.2, 0.25) is 0 Å². The van der Waals surface area contributed by atoms with E-state index in [4.69, 9.17) is 9.47 Å². The van der Waals surface area contributed by atoms with Gasteiger partial charge in [-0.1, -0.05) is 0 Å². The molecule has 2 fully saturated rings. The van der Waals surface area contributed by atoms with Gasteiger partial charge in [-0.15, -0.1) is 0 Å². The highest BCUT2D eigenvalue weighted by Crippen LogP contribution is 2.33. The monoisotopic (exact) mass is 336 g/mol. The smallest absolute Gasteiger partial charge is 0.129 e. The van der Waals surface area contributed by atoms with Gasteiger partial charge in [-0.05, 0) is 43.2 Å². The number of anilines is 1. The number of hydrogen-bond donors (Lipinski definition) is 1. The summed E-state index contributed by atoms with van der Waals surface area (Å²) in [6, 6.07) is 10.2. The van der Waals surface area contributed by atoms with Gasteiger partial charge in [0.05, 0.1) is 24.8 Å². The van der Waals surface area contributed by atoms with Crippen LogP contribution in [-0.4, -0.2) is 47.6 Å². The summed E-state index contributed by atoms with van der Waals surface area (Å²) < 4.78 is 11.4. The highest BCUT2D eigenvalue weighted by atomic mass is 16.5. The molecule has 6 heteroatoms. The van der Waals surface area contributed by atoms with E-state index in [1.165, 1.54) is 0 Å². The minimum Gasteiger partial charge on any atom is -0.490 e. The van der Waals surface area contributed by atoms with E-state index in [0.29, 0.717) is 6.10 Å². The molecule has 0 spiro atoms. The minimum absolute atomic E-state index is 0.390. The Morgan fingerprint density at radius 2 is 2.00 bits per heavy atom. The number of ether oxygens (including phenoxy) is 2. The molecule has 6 nitrogen and oxygen atoms in total. The van der Waals surface area contributed by atoms with E-state index in [1.54, 1.807) is 0 Å². The zero-order valence-electron chi connectivity index (χ0n) is 13.9. The second-order valence-corrected chi connectivity index (χ2v) is 6.60. The molecule has 2 aliphatic rings. The summed E-state index contributed by atoms with van der Waals surface area (Å²) in [4.78, 5) is 6.78. The van der Waals surface area contributed by atoms with Crippen LogP contribution in [-0.2, 0) is 4.74 Å². The van der Waals surface area contributed by atoms with E-state index < -0.39 is 0 Å². The Bertz CT molecular complexity index is 897. The second-order valence-electron chi connectivity index (χ2n) is 6.60. The van der Waals surface area contributed by atoms with Crippen LogP contribution >= 0.6 is 0 Å². The lowest BCUT2D eigenvalue weighted by Crippen LogP contribution is -2.36. The largest absolute Gasteiger partial charge is 0.490 e. The average molecular weight is 336 g/mol. The zero-order valence-corrected chi connectivity index (χ0v) is 13.9. The van der Waals surface area contributed by atoms with Crippen LogP contribution in [0.15, 0.2) is 36.5 Å². The second kappa shape index (κ2) is 6.04. The number of hydrogen-bond acceptors (Lipinski definition) is 5. The molecule has 0 radical (unpaired) electrons. The normalized spacial score (nSPS) is 17.8. The number of pyridine rings is 1. The molecule has 2 aromatic heterocycles. The summed E-state index contributed by atoms with van der Waals surface area (Å²) in [5.74, 6) is 1.89. The lowest BCUT2D eigenvalue weighted by atomic mass is 10.1. The summed E-state index contributed by atoms with van der Waals surface area (Å²) >= 11 is 0. The van der Waals surface area contributed by atoms with Gasteiger partial charge in [-0.2, -0.15) is 5.10 Å². The number of rotatable bonds is 4. The maximum atomic E-state index is 5.94. The molecular weight excluding hydrogens is 316 g/mol. The standard InChI is InChI=1S/C19H20N4O2/c1-2-14(1)25-15-3-4-17-16(12-15)19(22-21-17)13-5-6-20-18(11-13)23-7-9-24-10-8-23/h3-6,11-12,14H,1-2,7-10H2,(H,21,22). The molecule has 1 aromatic carbocycles. The van der Waals surface area contributed by atoms with Crippen molar-refractivity contribution in [3.8, 4) is 17.0 Å². The van der Waals surface area contributed by atoms with Crippen LogP contribution in [0, 0.1) is 0 Å². The van der Waals surface area contributed by atoms with E-state index in [9.17, 15) is 0 Å². The van der Waals surface area contributed by atoms with Crippen LogP contribution in [0.3, 0.4) is 0 Å². The van der Waals surface area contributed by atoms with Crippen molar-refractivity contribution in [2.24, 2.45) is 0 Å². The molecule has 1 saturated heterocycles. The fraction of sp³-hybridized carbons (Fsp3) is 0.368. The summed E-state index contributed by atoms with van der Waals surface area (Å²) in [6.45, 7) is 3.24. The topological polar surface area (TPSA) is 63.3 Å². The van der Waals surface area contributed by atoms with Crippen LogP contribution in [0.1, 0.15) is 12.8 Å². The first-order valence-electron chi connectivity index (χ1n) is 8.81. The molecular formula is C19H20N4O2. The third-order valence-corrected chi connectivity index (χ3v) is 4.72. The van der Waals surface area contributed by atoms with E-state index in [-0.39, 0.29) is 0 Å². The molecule has 3 heterocycles. The Kier molecular flexibility index (Phi) is 3.56. The van der Waals surface area contributed by atoms with Crippen molar-refractivity contribution in [2.75, 3.05) is 31.2 Å². The third-order valence-electron chi connectivity index (χ3n) is 4.72. The summed E-state index contributed by atoms with van der Waals surface area (Å²) in [6.07, 6.45) is 4.56. The lowest BCUT2D eigenvalue weighted by molar-refractivity contribution is 0.122. The van der Waals surface area contributed by atoms with Gasteiger partial charge in [-0.3, -0.25) is 5.10 Å². The molecule has 1 aliphatic carbocycles. The molecule has 1 saturated carbocycles. The number of H-pyrrole nitrogens is 1. The van der Waals surface area contributed by atoms with Gasteiger partial charge in [0.25, 0.3) is 0 Å². The number of fused-ring (bicyclic) bond motifs is 1. The van der Waals surface area contributed by atoms with Crippen LogP contribution in [0.25, 0.3) is 22.2 Å². The van der Waals surface area contributed by atoms with Gasteiger partial charge in [-0.25, -0.2) is 4.98 Å². The average Bonchev–Trinajstić information content (AvgIpc) is 3.38. The summed E-state index contributed by atoms with van der Waals surface area (Å²) in [5, 5.41) is 8.74. The first-order valence-corrected chi connectivity index (χ1v) is 8.81. The molecule has 0 amide bonds. The van der Waals surface area contributed by atoms with Gasteiger partial charge in [0.1, 0.15) is 17.3 Å². The summed E-state index contributed by atoms with van der Waals surface area (Å²) in [7, 11) is 0. The van der Waals surface area contributed by atoms with Crippen LogP contribution in [0.2, 0.25) is 0 Å². The number of benzene rings is 1. The number of morpholine rings is 1. The van der Waals surface area contributed by atoms with Gasteiger partial charge < -0.3 is 14.4 Å². The fourth-order valence-electron chi connectivity index (χ4n) is 3.20. The summed E-state index contributed by atoms with van der Waals surface area (Å²) in [5.41, 5.74) is 3.02. The number of aromatic amines is 1. The fourth-order valence-corrected chi connectivity index (χ4v) is 3.20. The number of aromatic nitrogens is 3. The van der Waals surface area contributed by atoms with Crippen molar-refractivity contribution in [1.29, 1.82) is 0 Å². The van der Waals surface area contributed by atoms with E-state index >= 15 is 0 Å². The Morgan fingerprint density at radius 1 is 1.12 bits per heavy atom. The van der Waals surface area contributed by atoms with Crippen molar-refractivity contribution in [2.45, 2.75) is 18.9 Å². The zero-order chi connectivity index (χ0) is 16.6. The van der Waals surface area contributed by atoms with Crippen molar-refractivity contribution in [3.05, 3.63) is 36.5 Å². The Labute approximate surface area is 145 Å². The molecule has 0 atom stereocenters. The van der Waals surface area contributed by atoms with Gasteiger partial charge >= 0.3 is 0 Å². The van der Waals surface area contributed by atoms with Crippen LogP contribution < -0.4 is 9.64 Å². The first-order chi connectivity index (χ1) is 12.4. The van der Waals surface area contributed by atoms with Crippen molar-refractivity contribution < 1.29 is 9.47 Å². The molecule has 25 heavy (non-hydrogen) atoms. The van der Waals surface area contributed by atoms with E-state index in [1.807, 2.05) is 24.4 Å². The molecule has 5 rings (SSSR count). The van der Waals surface area contributed by atoms with Crippen molar-refractivity contribution in [3.63, 3.8) is 0 Å². The highest BCUT2D eigenvalue weighted by Gasteiger charge is 2.24. The predicted molar refractivity (Wildman–Crippen MR) is 96.0 cm³/mol. The van der Waals surface area contributed by atoms with Crippen molar-refractivity contribution >= 4 is 16.7 Å². The lowest BCUT2D eigenvalue weighted by Gasteiger charge is -2.27. The van der Waals surface area contributed by atoms with Crippen molar-refractivity contribution in [1.82, 2.24) is 15.2 Å². The molecule has 0 bridgehead atoms. The molecule has 128 valence electrons. The quantitative estimate of drug-likeness (QED) is 0.793. The van der Waals surface area contributed by atoms with E-state index in [2.05, 4.69) is 32.2 Å². The Morgan fingerprint density at radius 3 is 2.84 bits per heavy atom. The number of nitrogens with zero attached hydrogens (tertiary/aromatic N) is 3. The Balaban J connectivity index is 1.51. The first kappa shape index (κ1) is 14.7.